The van der Waals surface area contributed by atoms with Crippen LogP contribution < -0.4 is 4.74 Å². The number of carboxylic acids is 1. The minimum atomic E-state index is -1.53. The third-order valence-corrected chi connectivity index (χ3v) is 2.72. The second-order valence-electron chi connectivity index (χ2n) is 4.28. The van der Waals surface area contributed by atoms with E-state index in [1.165, 1.54) is 0 Å². The largest absolute Gasteiger partial charge is 0.478 e. The molecule has 0 aliphatic rings. The minimum absolute atomic E-state index is 0.284. The summed E-state index contributed by atoms with van der Waals surface area (Å²) in [4.78, 5) is 21.0. The Morgan fingerprint density at radius 3 is 2.43 bits per heavy atom. The Labute approximate surface area is 118 Å². The summed E-state index contributed by atoms with van der Waals surface area (Å²) in [5, 5.41) is 19.8. The second kappa shape index (κ2) is 5.58. The highest BCUT2D eigenvalue weighted by Crippen LogP contribution is 2.33. The van der Waals surface area contributed by atoms with Crippen LogP contribution in [0.3, 0.4) is 0 Å². The highest BCUT2D eigenvalue weighted by Gasteiger charge is 2.23. The van der Waals surface area contributed by atoms with Crippen LogP contribution in [0.4, 0.5) is 10.1 Å². The van der Waals surface area contributed by atoms with Crippen LogP contribution in [0.15, 0.2) is 36.4 Å². The van der Waals surface area contributed by atoms with Crippen molar-refractivity contribution < 1.29 is 24.0 Å². The van der Waals surface area contributed by atoms with Crippen molar-refractivity contribution in [2.24, 2.45) is 0 Å². The van der Waals surface area contributed by atoms with Crippen molar-refractivity contribution in [2.45, 2.75) is 6.92 Å². The molecule has 0 aromatic heterocycles. The third kappa shape index (κ3) is 3.14. The molecule has 0 bridgehead atoms. The zero-order valence-electron chi connectivity index (χ0n) is 10.9. The van der Waals surface area contributed by atoms with Crippen molar-refractivity contribution in [1.29, 1.82) is 0 Å². The Morgan fingerprint density at radius 1 is 1.29 bits per heavy atom. The summed E-state index contributed by atoms with van der Waals surface area (Å²) in [6, 6.07) is 7.93. The van der Waals surface area contributed by atoms with E-state index in [9.17, 15) is 19.3 Å². The van der Waals surface area contributed by atoms with E-state index in [1.807, 2.05) is 6.92 Å². The summed E-state index contributed by atoms with van der Waals surface area (Å²) in [6.45, 7) is 1.85. The molecule has 0 amide bonds. The van der Waals surface area contributed by atoms with Crippen LogP contribution in [-0.4, -0.2) is 16.0 Å². The molecule has 0 radical (unpaired) electrons. The number of aromatic carboxylic acids is 1. The predicted molar refractivity (Wildman–Crippen MR) is 71.3 cm³/mol. The lowest BCUT2D eigenvalue weighted by Gasteiger charge is -2.08. The van der Waals surface area contributed by atoms with Gasteiger partial charge in [0, 0.05) is 6.07 Å². The van der Waals surface area contributed by atoms with Crippen LogP contribution in [-0.2, 0) is 0 Å². The van der Waals surface area contributed by atoms with Gasteiger partial charge in [-0.1, -0.05) is 17.7 Å². The molecule has 7 heteroatoms. The summed E-state index contributed by atoms with van der Waals surface area (Å²) < 4.78 is 18.8. The molecule has 2 aromatic carbocycles. The van der Waals surface area contributed by atoms with Gasteiger partial charge in [0.2, 0.25) is 5.75 Å². The standard InChI is InChI=1S/C14H10FNO5/c1-8-2-4-9(5-3-8)21-13-6-10(14(17)18)11(15)7-12(13)16(19)20/h2-7H,1H3,(H,17,18). The lowest BCUT2D eigenvalue weighted by atomic mass is 10.1. The van der Waals surface area contributed by atoms with Gasteiger partial charge in [-0.05, 0) is 19.1 Å². The van der Waals surface area contributed by atoms with E-state index in [1.54, 1.807) is 24.3 Å². The topological polar surface area (TPSA) is 89.7 Å². The minimum Gasteiger partial charge on any atom is -0.478 e. The van der Waals surface area contributed by atoms with Crippen molar-refractivity contribution in [3.05, 3.63) is 63.5 Å². The summed E-state index contributed by atoms with van der Waals surface area (Å²) in [5.41, 5.74) is -0.372. The van der Waals surface area contributed by atoms with Crippen molar-refractivity contribution in [2.75, 3.05) is 0 Å². The Bertz CT molecular complexity index is 712. The quantitative estimate of drug-likeness (QED) is 0.687. The van der Waals surface area contributed by atoms with Crippen molar-refractivity contribution >= 4 is 11.7 Å². The highest BCUT2D eigenvalue weighted by molar-refractivity contribution is 5.89. The fourth-order valence-corrected chi connectivity index (χ4v) is 1.66. The highest BCUT2D eigenvalue weighted by atomic mass is 19.1. The zero-order valence-corrected chi connectivity index (χ0v) is 10.9. The van der Waals surface area contributed by atoms with Crippen LogP contribution >= 0.6 is 0 Å². The van der Waals surface area contributed by atoms with Crippen molar-refractivity contribution in [3.63, 3.8) is 0 Å². The van der Waals surface area contributed by atoms with Gasteiger partial charge in [0.05, 0.1) is 16.6 Å². The molecule has 0 unspecified atom stereocenters. The number of halogens is 1. The number of hydrogen-bond donors (Lipinski definition) is 1. The van der Waals surface area contributed by atoms with E-state index in [0.29, 0.717) is 6.07 Å². The molecule has 0 heterocycles. The molecule has 21 heavy (non-hydrogen) atoms. The van der Waals surface area contributed by atoms with E-state index < -0.39 is 28.0 Å². The molecule has 6 nitrogen and oxygen atoms in total. The van der Waals surface area contributed by atoms with Crippen molar-refractivity contribution in [3.8, 4) is 11.5 Å². The van der Waals surface area contributed by atoms with Gasteiger partial charge in [0.15, 0.2) is 0 Å². The van der Waals surface area contributed by atoms with E-state index in [0.717, 1.165) is 11.6 Å². The van der Waals surface area contributed by atoms with Gasteiger partial charge in [-0.25, -0.2) is 9.18 Å². The molecule has 1 N–H and O–H groups in total. The Kier molecular flexibility index (Phi) is 3.84. The monoisotopic (exact) mass is 291 g/mol. The number of nitrogens with zero attached hydrogens (tertiary/aromatic N) is 1. The van der Waals surface area contributed by atoms with Gasteiger partial charge in [-0.15, -0.1) is 0 Å². The number of carbonyl (C=O) groups is 1. The van der Waals surface area contributed by atoms with Gasteiger partial charge in [0.1, 0.15) is 11.6 Å². The van der Waals surface area contributed by atoms with Crippen LogP contribution in [0.2, 0.25) is 0 Å². The van der Waals surface area contributed by atoms with Crippen LogP contribution in [0.1, 0.15) is 15.9 Å². The first-order chi connectivity index (χ1) is 9.88. The summed E-state index contributed by atoms with van der Waals surface area (Å²) in [6.07, 6.45) is 0. The Hall–Kier alpha value is -2.96. The molecular formula is C14H10FNO5. The lowest BCUT2D eigenvalue weighted by Crippen LogP contribution is -2.03. The number of nitro benzene ring substituents is 1. The molecule has 0 aliphatic carbocycles. The fourth-order valence-electron chi connectivity index (χ4n) is 1.66. The van der Waals surface area contributed by atoms with Crippen LogP contribution in [0.25, 0.3) is 0 Å². The number of rotatable bonds is 4. The second-order valence-corrected chi connectivity index (χ2v) is 4.28. The number of benzene rings is 2. The van der Waals surface area contributed by atoms with Crippen molar-refractivity contribution in [1.82, 2.24) is 0 Å². The first kappa shape index (κ1) is 14.4. The first-order valence-corrected chi connectivity index (χ1v) is 5.84. The molecule has 108 valence electrons. The smallest absolute Gasteiger partial charge is 0.338 e. The molecule has 0 aliphatic heterocycles. The molecule has 0 spiro atoms. The number of ether oxygens (including phenoxy) is 1. The molecule has 0 saturated carbocycles. The molecular weight excluding hydrogens is 281 g/mol. The summed E-state index contributed by atoms with van der Waals surface area (Å²) >= 11 is 0. The average molecular weight is 291 g/mol. The third-order valence-electron chi connectivity index (χ3n) is 2.72. The van der Waals surface area contributed by atoms with E-state index in [-0.39, 0.29) is 11.5 Å². The molecule has 0 saturated heterocycles. The number of hydrogen-bond acceptors (Lipinski definition) is 4. The number of carboxylic acid groups (broad SMARTS) is 1. The fraction of sp³-hybridized carbons (Fsp3) is 0.0714. The molecule has 0 atom stereocenters. The van der Waals surface area contributed by atoms with Crippen LogP contribution in [0, 0.1) is 22.9 Å². The summed E-state index contributed by atoms with van der Waals surface area (Å²) in [7, 11) is 0. The predicted octanol–water partition coefficient (Wildman–Crippen LogP) is 3.53. The van der Waals surface area contributed by atoms with Gasteiger partial charge in [0.25, 0.3) is 0 Å². The van der Waals surface area contributed by atoms with E-state index in [4.69, 9.17) is 9.84 Å². The van der Waals surface area contributed by atoms with Gasteiger partial charge >= 0.3 is 11.7 Å². The maximum atomic E-state index is 13.5. The Balaban J connectivity index is 2.49. The molecule has 2 aromatic rings. The van der Waals surface area contributed by atoms with Crippen LogP contribution in [0.5, 0.6) is 11.5 Å². The number of aryl methyl sites for hydroxylation is 1. The maximum Gasteiger partial charge on any atom is 0.338 e. The SMILES string of the molecule is Cc1ccc(Oc2cc(C(=O)O)c(F)cc2[N+](=O)[O-])cc1. The van der Waals surface area contributed by atoms with E-state index in [2.05, 4.69) is 0 Å². The summed E-state index contributed by atoms with van der Waals surface area (Å²) in [5.74, 6) is -2.77. The Morgan fingerprint density at radius 2 is 1.90 bits per heavy atom. The first-order valence-electron chi connectivity index (χ1n) is 5.84. The lowest BCUT2D eigenvalue weighted by molar-refractivity contribution is -0.385. The van der Waals surface area contributed by atoms with Gasteiger partial charge in [-0.3, -0.25) is 10.1 Å². The van der Waals surface area contributed by atoms with Gasteiger partial charge in [-0.2, -0.15) is 0 Å². The normalized spacial score (nSPS) is 10.2. The average Bonchev–Trinajstić information content (AvgIpc) is 2.42. The molecule has 2 rings (SSSR count). The zero-order chi connectivity index (χ0) is 15.6. The maximum absolute atomic E-state index is 13.5. The molecule has 0 fully saturated rings. The number of nitro groups is 1. The van der Waals surface area contributed by atoms with E-state index >= 15 is 0 Å². The van der Waals surface area contributed by atoms with Gasteiger partial charge < -0.3 is 9.84 Å².